The van der Waals surface area contributed by atoms with Gasteiger partial charge in [0.1, 0.15) is 11.9 Å². The molecular weight excluding hydrogens is 346 g/mol. The highest BCUT2D eigenvalue weighted by Gasteiger charge is 2.20. The molecule has 0 bridgehead atoms. The Labute approximate surface area is 129 Å². The summed E-state index contributed by atoms with van der Waals surface area (Å²) in [5.41, 5.74) is 1.17. The molecule has 1 unspecified atom stereocenters. The minimum atomic E-state index is -0.473. The Kier molecular flexibility index (Phi) is 4.57. The topological polar surface area (TPSA) is 68.1 Å². The van der Waals surface area contributed by atoms with Gasteiger partial charge in [-0.2, -0.15) is 0 Å². The summed E-state index contributed by atoms with van der Waals surface area (Å²) in [6.45, 7) is 1.89. The van der Waals surface area contributed by atoms with E-state index in [1.807, 2.05) is 25.1 Å². The molecule has 0 aliphatic heterocycles. The van der Waals surface area contributed by atoms with Gasteiger partial charge in [-0.1, -0.05) is 29.8 Å². The van der Waals surface area contributed by atoms with Gasteiger partial charge in [-0.25, -0.2) is 0 Å². The monoisotopic (exact) mass is 355 g/mol. The zero-order valence-electron chi connectivity index (χ0n) is 10.5. The SMILES string of the molecule is CC(Nc1c(Br)cncc1[N+](=O)[O-])c1ccccc1Cl. The van der Waals surface area contributed by atoms with Crippen LogP contribution in [0.3, 0.4) is 0 Å². The number of nitrogens with one attached hydrogen (secondary N) is 1. The molecule has 0 saturated heterocycles. The number of aromatic nitrogens is 1. The van der Waals surface area contributed by atoms with E-state index in [0.717, 1.165) is 5.56 Å². The van der Waals surface area contributed by atoms with Gasteiger partial charge in [-0.3, -0.25) is 15.1 Å². The maximum atomic E-state index is 11.0. The average Bonchev–Trinajstić information content (AvgIpc) is 2.41. The van der Waals surface area contributed by atoms with Gasteiger partial charge in [0.25, 0.3) is 0 Å². The number of benzene rings is 1. The van der Waals surface area contributed by atoms with E-state index in [-0.39, 0.29) is 11.7 Å². The summed E-state index contributed by atoms with van der Waals surface area (Å²) in [4.78, 5) is 14.4. The van der Waals surface area contributed by atoms with Crippen molar-refractivity contribution in [2.45, 2.75) is 13.0 Å². The number of pyridine rings is 1. The van der Waals surface area contributed by atoms with Crippen molar-refractivity contribution in [3.63, 3.8) is 0 Å². The molecule has 0 radical (unpaired) electrons. The third kappa shape index (κ3) is 3.08. The number of nitrogens with zero attached hydrogens (tertiary/aromatic N) is 2. The van der Waals surface area contributed by atoms with Gasteiger partial charge in [0.05, 0.1) is 15.4 Å². The standard InChI is InChI=1S/C13H11BrClN3O2/c1-8(9-4-2-3-5-11(9)15)17-13-10(14)6-16-7-12(13)18(19)20/h2-8H,1H3,(H,16,17). The lowest BCUT2D eigenvalue weighted by atomic mass is 10.1. The molecule has 1 heterocycles. The summed E-state index contributed by atoms with van der Waals surface area (Å²) in [6, 6.07) is 7.19. The van der Waals surface area contributed by atoms with Crippen LogP contribution in [-0.4, -0.2) is 9.91 Å². The van der Waals surface area contributed by atoms with E-state index < -0.39 is 4.92 Å². The molecule has 1 N–H and O–H groups in total. The van der Waals surface area contributed by atoms with E-state index in [9.17, 15) is 10.1 Å². The van der Waals surface area contributed by atoms with Crippen molar-refractivity contribution in [1.29, 1.82) is 0 Å². The summed E-state index contributed by atoms with van der Waals surface area (Å²) in [6.07, 6.45) is 2.72. The Morgan fingerprint density at radius 2 is 2.10 bits per heavy atom. The van der Waals surface area contributed by atoms with Crippen molar-refractivity contribution in [1.82, 2.24) is 4.98 Å². The number of halogens is 2. The summed E-state index contributed by atoms with van der Waals surface area (Å²) in [5, 5.41) is 14.8. The van der Waals surface area contributed by atoms with Crippen molar-refractivity contribution in [3.8, 4) is 0 Å². The first-order valence-corrected chi connectivity index (χ1v) is 6.96. The molecule has 1 atom stereocenters. The van der Waals surface area contributed by atoms with Crippen LogP contribution in [0.25, 0.3) is 0 Å². The Bertz CT molecular complexity index is 651. The Balaban J connectivity index is 2.35. The third-order valence-electron chi connectivity index (χ3n) is 2.81. The second-order valence-electron chi connectivity index (χ2n) is 4.16. The summed E-state index contributed by atoms with van der Waals surface area (Å²) >= 11 is 9.40. The lowest BCUT2D eigenvalue weighted by Gasteiger charge is -2.17. The molecule has 0 spiro atoms. The van der Waals surface area contributed by atoms with Crippen molar-refractivity contribution in [2.75, 3.05) is 5.32 Å². The number of anilines is 1. The molecule has 0 aliphatic carbocycles. The van der Waals surface area contributed by atoms with Crippen LogP contribution in [0.2, 0.25) is 5.02 Å². The molecule has 104 valence electrons. The van der Waals surface area contributed by atoms with E-state index >= 15 is 0 Å². The number of hydrogen-bond acceptors (Lipinski definition) is 4. The quantitative estimate of drug-likeness (QED) is 0.643. The lowest BCUT2D eigenvalue weighted by Crippen LogP contribution is -2.09. The maximum absolute atomic E-state index is 11.0. The van der Waals surface area contributed by atoms with E-state index in [1.54, 1.807) is 6.07 Å². The van der Waals surface area contributed by atoms with Crippen LogP contribution in [0.1, 0.15) is 18.5 Å². The van der Waals surface area contributed by atoms with Gasteiger partial charge in [0.15, 0.2) is 0 Å². The highest BCUT2D eigenvalue weighted by molar-refractivity contribution is 9.10. The molecule has 7 heteroatoms. The normalized spacial score (nSPS) is 11.9. The largest absolute Gasteiger partial charge is 0.372 e. The fourth-order valence-electron chi connectivity index (χ4n) is 1.83. The van der Waals surface area contributed by atoms with Gasteiger partial charge in [0.2, 0.25) is 0 Å². The fraction of sp³-hybridized carbons (Fsp3) is 0.154. The van der Waals surface area contributed by atoms with E-state index in [2.05, 4.69) is 26.2 Å². The third-order valence-corrected chi connectivity index (χ3v) is 3.75. The second-order valence-corrected chi connectivity index (χ2v) is 5.42. The molecule has 1 aromatic heterocycles. The smallest absolute Gasteiger partial charge is 0.311 e. The maximum Gasteiger partial charge on any atom is 0.311 e. The predicted octanol–water partition coefficient (Wildman–Crippen LogP) is 4.58. The summed E-state index contributed by atoms with van der Waals surface area (Å²) in [5.74, 6) is 0. The van der Waals surface area contributed by atoms with Crippen LogP contribution in [0.4, 0.5) is 11.4 Å². The fourth-order valence-corrected chi connectivity index (χ4v) is 2.56. The molecule has 5 nitrogen and oxygen atoms in total. The molecule has 2 rings (SSSR count). The van der Waals surface area contributed by atoms with Crippen LogP contribution in [0.5, 0.6) is 0 Å². The van der Waals surface area contributed by atoms with Gasteiger partial charge >= 0.3 is 5.69 Å². The Morgan fingerprint density at radius 1 is 1.40 bits per heavy atom. The van der Waals surface area contributed by atoms with Crippen molar-refractivity contribution < 1.29 is 4.92 Å². The average molecular weight is 357 g/mol. The van der Waals surface area contributed by atoms with Crippen molar-refractivity contribution >= 4 is 38.9 Å². The van der Waals surface area contributed by atoms with Gasteiger partial charge < -0.3 is 5.32 Å². The number of rotatable bonds is 4. The molecular formula is C13H11BrClN3O2. The van der Waals surface area contributed by atoms with Crippen molar-refractivity contribution in [2.24, 2.45) is 0 Å². The number of hydrogen-bond donors (Lipinski definition) is 1. The summed E-state index contributed by atoms with van der Waals surface area (Å²) < 4.78 is 0.533. The zero-order chi connectivity index (χ0) is 14.7. The van der Waals surface area contributed by atoms with E-state index in [4.69, 9.17) is 11.6 Å². The Morgan fingerprint density at radius 3 is 2.75 bits per heavy atom. The second kappa shape index (κ2) is 6.19. The molecule has 0 fully saturated rings. The van der Waals surface area contributed by atoms with Crippen LogP contribution in [0.15, 0.2) is 41.1 Å². The summed E-state index contributed by atoms with van der Waals surface area (Å²) in [7, 11) is 0. The Hall–Kier alpha value is -1.66. The minimum absolute atomic E-state index is 0.0849. The van der Waals surface area contributed by atoms with E-state index in [1.165, 1.54) is 12.4 Å². The van der Waals surface area contributed by atoms with Gasteiger partial charge in [0, 0.05) is 11.2 Å². The van der Waals surface area contributed by atoms with Gasteiger partial charge in [-0.15, -0.1) is 0 Å². The lowest BCUT2D eigenvalue weighted by molar-refractivity contribution is -0.384. The molecule has 0 aliphatic rings. The highest BCUT2D eigenvalue weighted by Crippen LogP contribution is 2.35. The minimum Gasteiger partial charge on any atom is -0.372 e. The molecule has 1 aromatic carbocycles. The molecule has 20 heavy (non-hydrogen) atoms. The first-order valence-electron chi connectivity index (χ1n) is 5.79. The van der Waals surface area contributed by atoms with Crippen LogP contribution < -0.4 is 5.32 Å². The van der Waals surface area contributed by atoms with Crippen LogP contribution in [0, 0.1) is 10.1 Å². The van der Waals surface area contributed by atoms with Crippen molar-refractivity contribution in [3.05, 3.63) is 61.8 Å². The predicted molar refractivity (Wildman–Crippen MR) is 82.1 cm³/mol. The molecule has 0 saturated carbocycles. The molecule has 2 aromatic rings. The highest BCUT2D eigenvalue weighted by atomic mass is 79.9. The van der Waals surface area contributed by atoms with Gasteiger partial charge in [-0.05, 0) is 34.5 Å². The first-order chi connectivity index (χ1) is 9.50. The first kappa shape index (κ1) is 14.7. The molecule has 0 amide bonds. The van der Waals surface area contributed by atoms with Crippen LogP contribution >= 0.6 is 27.5 Å². The van der Waals surface area contributed by atoms with E-state index in [0.29, 0.717) is 15.2 Å². The zero-order valence-corrected chi connectivity index (χ0v) is 12.9. The number of nitro groups is 1. The van der Waals surface area contributed by atoms with Crippen LogP contribution in [-0.2, 0) is 0 Å².